The third-order valence-electron chi connectivity index (χ3n) is 3.92. The summed E-state index contributed by atoms with van der Waals surface area (Å²) >= 11 is 0. The molecule has 1 atom stereocenters. The average molecular weight is 302 g/mol. The molecule has 0 bridgehead atoms. The molecule has 0 aromatic heterocycles. The van der Waals surface area contributed by atoms with E-state index in [0.717, 1.165) is 30.9 Å². The van der Waals surface area contributed by atoms with Gasteiger partial charge in [0, 0.05) is 13.1 Å². The van der Waals surface area contributed by atoms with Crippen molar-refractivity contribution in [3.05, 3.63) is 36.9 Å². The van der Waals surface area contributed by atoms with Crippen molar-refractivity contribution in [3.8, 4) is 0 Å². The van der Waals surface area contributed by atoms with E-state index in [2.05, 4.69) is 22.9 Å². The van der Waals surface area contributed by atoms with E-state index < -0.39 is 6.10 Å². The van der Waals surface area contributed by atoms with Gasteiger partial charge < -0.3 is 15.0 Å². The fourth-order valence-electron chi connectivity index (χ4n) is 2.63. The molecule has 1 N–H and O–H groups in total. The lowest BCUT2D eigenvalue weighted by Crippen LogP contribution is -2.32. The van der Waals surface area contributed by atoms with E-state index >= 15 is 0 Å². The molecule has 1 aliphatic rings. The number of anilines is 2. The zero-order chi connectivity index (χ0) is 15.8. The lowest BCUT2D eigenvalue weighted by atomic mass is 10.1. The van der Waals surface area contributed by atoms with Crippen molar-refractivity contribution >= 4 is 17.3 Å². The number of para-hydroxylation sites is 2. The van der Waals surface area contributed by atoms with Crippen molar-refractivity contribution in [3.63, 3.8) is 0 Å². The second-order valence-corrected chi connectivity index (χ2v) is 5.64. The summed E-state index contributed by atoms with van der Waals surface area (Å²) in [6.45, 7) is 8.05. The molecule has 1 aromatic rings. The normalized spacial score (nSPS) is 16.1. The Morgan fingerprint density at radius 3 is 2.82 bits per heavy atom. The van der Waals surface area contributed by atoms with Crippen LogP contribution in [0.1, 0.15) is 32.6 Å². The zero-order valence-electron chi connectivity index (χ0n) is 13.4. The molecule has 1 heterocycles. The number of amides is 1. The second-order valence-electron chi connectivity index (χ2n) is 5.64. The van der Waals surface area contributed by atoms with Gasteiger partial charge in [-0.25, -0.2) is 0 Å². The van der Waals surface area contributed by atoms with Gasteiger partial charge in [-0.1, -0.05) is 18.2 Å². The summed E-state index contributed by atoms with van der Waals surface area (Å²) in [5.74, 6) is -0.103. The largest absolute Gasteiger partial charge is 0.370 e. The molecule has 1 saturated heterocycles. The number of hydrogen-bond donors (Lipinski definition) is 1. The third kappa shape index (κ3) is 4.60. The molecule has 22 heavy (non-hydrogen) atoms. The number of benzene rings is 1. The highest BCUT2D eigenvalue weighted by atomic mass is 16.5. The van der Waals surface area contributed by atoms with Crippen LogP contribution in [-0.4, -0.2) is 31.7 Å². The SMILES string of the molecule is C=CCCOC(C)C(=O)Nc1ccccc1N1CCCCC1. The molecule has 1 amide bonds. The maximum absolute atomic E-state index is 12.3. The quantitative estimate of drug-likeness (QED) is 0.618. The Hall–Kier alpha value is -1.81. The van der Waals surface area contributed by atoms with Gasteiger partial charge in [-0.15, -0.1) is 6.58 Å². The predicted molar refractivity (Wildman–Crippen MR) is 91.4 cm³/mol. The summed E-state index contributed by atoms with van der Waals surface area (Å²) in [7, 11) is 0. The van der Waals surface area contributed by atoms with Gasteiger partial charge in [0.1, 0.15) is 6.10 Å². The molecule has 0 saturated carbocycles. The smallest absolute Gasteiger partial charge is 0.253 e. The van der Waals surface area contributed by atoms with E-state index in [1.807, 2.05) is 18.2 Å². The average Bonchev–Trinajstić information content (AvgIpc) is 2.56. The number of piperidine rings is 1. The second kappa shape index (κ2) is 8.59. The summed E-state index contributed by atoms with van der Waals surface area (Å²) in [5.41, 5.74) is 1.97. The first-order chi connectivity index (χ1) is 10.7. The van der Waals surface area contributed by atoms with Crippen molar-refractivity contribution in [2.75, 3.05) is 29.9 Å². The number of nitrogens with zero attached hydrogens (tertiary/aromatic N) is 1. The van der Waals surface area contributed by atoms with Gasteiger partial charge in [-0.3, -0.25) is 4.79 Å². The summed E-state index contributed by atoms with van der Waals surface area (Å²) < 4.78 is 5.50. The molecular formula is C18H26N2O2. The van der Waals surface area contributed by atoms with Crippen LogP contribution in [-0.2, 0) is 9.53 Å². The van der Waals surface area contributed by atoms with Gasteiger partial charge in [0.25, 0.3) is 5.91 Å². The lowest BCUT2D eigenvalue weighted by Gasteiger charge is -2.30. The van der Waals surface area contributed by atoms with Crippen molar-refractivity contribution in [2.45, 2.75) is 38.7 Å². The van der Waals surface area contributed by atoms with E-state index in [9.17, 15) is 4.79 Å². The summed E-state index contributed by atoms with van der Waals surface area (Å²) in [6.07, 6.45) is 5.79. The predicted octanol–water partition coefficient (Wildman–Crippen LogP) is 3.60. The Balaban J connectivity index is 1.99. The van der Waals surface area contributed by atoms with Crippen LogP contribution in [0.4, 0.5) is 11.4 Å². The Morgan fingerprint density at radius 2 is 2.09 bits per heavy atom. The van der Waals surface area contributed by atoms with E-state index in [0.29, 0.717) is 6.61 Å². The minimum absolute atomic E-state index is 0.103. The van der Waals surface area contributed by atoms with Gasteiger partial charge in [-0.2, -0.15) is 0 Å². The van der Waals surface area contributed by atoms with E-state index in [1.54, 1.807) is 13.0 Å². The zero-order valence-corrected chi connectivity index (χ0v) is 13.4. The Bertz CT molecular complexity index is 496. The summed E-state index contributed by atoms with van der Waals surface area (Å²) in [6, 6.07) is 8.00. The Kier molecular flexibility index (Phi) is 6.46. The van der Waals surface area contributed by atoms with E-state index in [1.165, 1.54) is 19.3 Å². The topological polar surface area (TPSA) is 41.6 Å². The van der Waals surface area contributed by atoms with Crippen LogP contribution < -0.4 is 10.2 Å². The number of ether oxygens (including phenoxy) is 1. The Labute approximate surface area is 133 Å². The van der Waals surface area contributed by atoms with Crippen LogP contribution in [0, 0.1) is 0 Å². The van der Waals surface area contributed by atoms with Crippen LogP contribution >= 0.6 is 0 Å². The third-order valence-corrected chi connectivity index (χ3v) is 3.92. The van der Waals surface area contributed by atoms with Gasteiger partial charge >= 0.3 is 0 Å². The first kappa shape index (κ1) is 16.6. The van der Waals surface area contributed by atoms with Crippen molar-refractivity contribution in [2.24, 2.45) is 0 Å². The molecule has 1 aliphatic heterocycles. The monoisotopic (exact) mass is 302 g/mol. The number of nitrogens with one attached hydrogen (secondary N) is 1. The van der Waals surface area contributed by atoms with Crippen LogP contribution in [0.2, 0.25) is 0 Å². The van der Waals surface area contributed by atoms with Crippen LogP contribution in [0.5, 0.6) is 0 Å². The standard InChI is InChI=1S/C18H26N2O2/c1-3-4-14-22-15(2)18(21)19-16-10-6-7-11-17(16)20-12-8-5-9-13-20/h3,6-7,10-11,15H,1,4-5,8-9,12-14H2,2H3,(H,19,21). The molecule has 0 spiro atoms. The molecule has 2 rings (SSSR count). The van der Waals surface area contributed by atoms with E-state index in [4.69, 9.17) is 4.74 Å². The Morgan fingerprint density at radius 1 is 1.36 bits per heavy atom. The van der Waals surface area contributed by atoms with Gasteiger partial charge in [0.2, 0.25) is 0 Å². The lowest BCUT2D eigenvalue weighted by molar-refractivity contribution is -0.126. The van der Waals surface area contributed by atoms with Crippen molar-refractivity contribution < 1.29 is 9.53 Å². The first-order valence-electron chi connectivity index (χ1n) is 8.09. The number of hydrogen-bond acceptors (Lipinski definition) is 3. The molecule has 0 aliphatic carbocycles. The summed E-state index contributed by atoms with van der Waals surface area (Å²) in [5, 5.41) is 3.00. The highest BCUT2D eigenvalue weighted by Gasteiger charge is 2.18. The fraction of sp³-hybridized carbons (Fsp3) is 0.500. The number of carbonyl (C=O) groups excluding carboxylic acids is 1. The van der Waals surface area contributed by atoms with Gasteiger partial charge in [-0.05, 0) is 44.7 Å². The minimum atomic E-state index is -0.464. The number of carbonyl (C=O) groups is 1. The van der Waals surface area contributed by atoms with Gasteiger partial charge in [0.05, 0.1) is 18.0 Å². The first-order valence-corrected chi connectivity index (χ1v) is 8.09. The molecule has 1 aromatic carbocycles. The minimum Gasteiger partial charge on any atom is -0.370 e. The molecule has 0 radical (unpaired) electrons. The molecule has 120 valence electrons. The van der Waals surface area contributed by atoms with Crippen LogP contribution in [0.3, 0.4) is 0 Å². The van der Waals surface area contributed by atoms with Crippen LogP contribution in [0.25, 0.3) is 0 Å². The maximum Gasteiger partial charge on any atom is 0.253 e. The maximum atomic E-state index is 12.3. The highest BCUT2D eigenvalue weighted by Crippen LogP contribution is 2.28. The van der Waals surface area contributed by atoms with Crippen LogP contribution in [0.15, 0.2) is 36.9 Å². The molecular weight excluding hydrogens is 276 g/mol. The fourth-order valence-corrected chi connectivity index (χ4v) is 2.63. The van der Waals surface area contributed by atoms with Gasteiger partial charge in [0.15, 0.2) is 0 Å². The number of rotatable bonds is 7. The molecule has 4 heteroatoms. The van der Waals surface area contributed by atoms with Crippen molar-refractivity contribution in [1.29, 1.82) is 0 Å². The highest BCUT2D eigenvalue weighted by molar-refractivity contribution is 5.97. The molecule has 1 fully saturated rings. The summed E-state index contributed by atoms with van der Waals surface area (Å²) in [4.78, 5) is 14.6. The van der Waals surface area contributed by atoms with Crippen molar-refractivity contribution in [1.82, 2.24) is 0 Å². The molecule has 1 unspecified atom stereocenters. The van der Waals surface area contributed by atoms with E-state index in [-0.39, 0.29) is 5.91 Å². The molecule has 4 nitrogen and oxygen atoms in total.